The highest BCUT2D eigenvalue weighted by Gasteiger charge is 2.10. The van der Waals surface area contributed by atoms with Crippen molar-refractivity contribution in [2.45, 2.75) is 0 Å². The standard InChI is InChI=1S/C11H12Cl2N4O2S/c1-14-20(18,19)5-4-15-10-8-6-7(12)2-3-9(8)16-11(13)17-10/h2-3,6,14H,4-5H2,1H3,(H,15,16,17). The fourth-order valence-electron chi connectivity index (χ4n) is 1.61. The number of rotatable bonds is 5. The van der Waals surface area contributed by atoms with Crippen LogP contribution in [0.25, 0.3) is 10.9 Å². The maximum atomic E-state index is 11.3. The quantitative estimate of drug-likeness (QED) is 0.816. The molecule has 20 heavy (non-hydrogen) atoms. The number of anilines is 1. The Bertz CT molecular complexity index is 737. The third kappa shape index (κ3) is 3.69. The number of aromatic nitrogens is 2. The molecule has 1 aromatic heterocycles. The molecule has 0 saturated heterocycles. The molecular formula is C11H12Cl2N4O2S. The highest BCUT2D eigenvalue weighted by Crippen LogP contribution is 2.25. The largest absolute Gasteiger partial charge is 0.368 e. The Kier molecular flexibility index (Phi) is 4.64. The maximum absolute atomic E-state index is 11.3. The zero-order chi connectivity index (χ0) is 14.8. The van der Waals surface area contributed by atoms with Gasteiger partial charge in [0.05, 0.1) is 11.3 Å². The Hall–Kier alpha value is -1.15. The van der Waals surface area contributed by atoms with Gasteiger partial charge in [-0.2, -0.15) is 0 Å². The maximum Gasteiger partial charge on any atom is 0.224 e. The summed E-state index contributed by atoms with van der Waals surface area (Å²) < 4.78 is 24.9. The lowest BCUT2D eigenvalue weighted by atomic mass is 10.2. The van der Waals surface area contributed by atoms with E-state index in [4.69, 9.17) is 23.2 Å². The molecule has 1 aromatic carbocycles. The lowest BCUT2D eigenvalue weighted by Crippen LogP contribution is -2.26. The van der Waals surface area contributed by atoms with E-state index in [-0.39, 0.29) is 17.6 Å². The zero-order valence-corrected chi connectivity index (χ0v) is 12.8. The van der Waals surface area contributed by atoms with Crippen molar-refractivity contribution in [1.29, 1.82) is 0 Å². The number of nitrogens with one attached hydrogen (secondary N) is 2. The molecule has 0 bridgehead atoms. The summed E-state index contributed by atoms with van der Waals surface area (Å²) in [5.74, 6) is 0.376. The molecule has 6 nitrogen and oxygen atoms in total. The minimum Gasteiger partial charge on any atom is -0.368 e. The molecule has 0 aliphatic heterocycles. The second kappa shape index (κ2) is 6.09. The first-order valence-corrected chi connectivity index (χ1v) is 8.10. The van der Waals surface area contributed by atoms with E-state index in [2.05, 4.69) is 20.0 Å². The molecule has 1 heterocycles. The fourth-order valence-corrected chi connectivity index (χ4v) is 2.54. The summed E-state index contributed by atoms with van der Waals surface area (Å²) in [6.07, 6.45) is 0. The van der Waals surface area contributed by atoms with Crippen LogP contribution in [0, 0.1) is 0 Å². The monoisotopic (exact) mass is 334 g/mol. The van der Waals surface area contributed by atoms with E-state index in [1.807, 2.05) is 0 Å². The summed E-state index contributed by atoms with van der Waals surface area (Å²) in [4.78, 5) is 8.13. The summed E-state index contributed by atoms with van der Waals surface area (Å²) in [6, 6.07) is 5.12. The summed E-state index contributed by atoms with van der Waals surface area (Å²) in [5.41, 5.74) is 0.633. The Morgan fingerprint density at radius 2 is 2.00 bits per heavy atom. The van der Waals surface area contributed by atoms with Crippen LogP contribution in [0.5, 0.6) is 0 Å². The van der Waals surface area contributed by atoms with Crippen molar-refractivity contribution in [3.8, 4) is 0 Å². The Balaban J connectivity index is 2.27. The molecule has 9 heteroatoms. The molecule has 0 unspecified atom stereocenters. The van der Waals surface area contributed by atoms with Crippen molar-refractivity contribution < 1.29 is 8.42 Å². The van der Waals surface area contributed by atoms with Gasteiger partial charge in [0.15, 0.2) is 0 Å². The summed E-state index contributed by atoms with van der Waals surface area (Å²) in [5, 5.41) is 4.24. The van der Waals surface area contributed by atoms with E-state index in [9.17, 15) is 8.42 Å². The number of halogens is 2. The van der Waals surface area contributed by atoms with Crippen molar-refractivity contribution in [3.63, 3.8) is 0 Å². The van der Waals surface area contributed by atoms with Gasteiger partial charge >= 0.3 is 0 Å². The molecule has 0 atom stereocenters. The summed E-state index contributed by atoms with van der Waals surface area (Å²) in [7, 11) is -1.91. The van der Waals surface area contributed by atoms with Gasteiger partial charge in [-0.05, 0) is 36.8 Å². The molecule has 0 fully saturated rings. The van der Waals surface area contributed by atoms with Gasteiger partial charge in [0, 0.05) is 17.0 Å². The van der Waals surface area contributed by atoms with Crippen molar-refractivity contribution in [3.05, 3.63) is 28.5 Å². The fraction of sp³-hybridized carbons (Fsp3) is 0.273. The molecule has 2 rings (SSSR count). The second-order valence-corrected chi connectivity index (χ2v) is 6.77. The van der Waals surface area contributed by atoms with Crippen LogP contribution in [0.4, 0.5) is 5.82 Å². The number of nitrogens with zero attached hydrogens (tertiary/aromatic N) is 2. The van der Waals surface area contributed by atoms with Gasteiger partial charge < -0.3 is 5.32 Å². The summed E-state index contributed by atoms with van der Waals surface area (Å²) in [6.45, 7) is 0.193. The van der Waals surface area contributed by atoms with Crippen LogP contribution in [-0.4, -0.2) is 37.7 Å². The van der Waals surface area contributed by atoms with Crippen LogP contribution < -0.4 is 10.0 Å². The van der Waals surface area contributed by atoms with E-state index in [1.165, 1.54) is 7.05 Å². The smallest absolute Gasteiger partial charge is 0.224 e. The van der Waals surface area contributed by atoms with E-state index < -0.39 is 10.0 Å². The third-order valence-corrected chi connectivity index (χ3v) is 4.37. The van der Waals surface area contributed by atoms with Crippen LogP contribution in [0.3, 0.4) is 0 Å². The Morgan fingerprint density at radius 3 is 2.70 bits per heavy atom. The van der Waals surface area contributed by atoms with Gasteiger partial charge in [0.1, 0.15) is 5.82 Å². The molecule has 0 amide bonds. The van der Waals surface area contributed by atoms with E-state index in [1.54, 1.807) is 18.2 Å². The number of hydrogen-bond acceptors (Lipinski definition) is 5. The SMILES string of the molecule is CNS(=O)(=O)CCNc1nc(Cl)nc2ccc(Cl)cc12. The van der Waals surface area contributed by atoms with Gasteiger partial charge in [-0.25, -0.2) is 23.1 Å². The highest BCUT2D eigenvalue weighted by atomic mass is 35.5. The highest BCUT2D eigenvalue weighted by molar-refractivity contribution is 7.89. The number of hydrogen-bond donors (Lipinski definition) is 2. The lowest BCUT2D eigenvalue weighted by molar-refractivity contribution is 0.588. The average molecular weight is 335 g/mol. The molecule has 0 spiro atoms. The Labute approximate surface area is 126 Å². The first-order chi connectivity index (χ1) is 9.41. The van der Waals surface area contributed by atoms with E-state index >= 15 is 0 Å². The third-order valence-electron chi connectivity index (χ3n) is 2.60. The van der Waals surface area contributed by atoms with Crippen LogP contribution in [0.2, 0.25) is 10.3 Å². The normalized spacial score (nSPS) is 11.8. The molecule has 0 radical (unpaired) electrons. The van der Waals surface area contributed by atoms with E-state index in [0.717, 1.165) is 0 Å². The van der Waals surface area contributed by atoms with Gasteiger partial charge in [0.25, 0.3) is 0 Å². The topological polar surface area (TPSA) is 84.0 Å². The molecular weight excluding hydrogens is 323 g/mol. The predicted octanol–water partition coefficient (Wildman–Crippen LogP) is 1.90. The van der Waals surface area contributed by atoms with Crippen molar-refractivity contribution >= 4 is 49.9 Å². The van der Waals surface area contributed by atoms with Crippen LogP contribution in [0.15, 0.2) is 18.2 Å². The lowest BCUT2D eigenvalue weighted by Gasteiger charge is -2.09. The number of benzene rings is 1. The molecule has 2 aromatic rings. The zero-order valence-electron chi connectivity index (χ0n) is 10.5. The molecule has 0 saturated carbocycles. The van der Waals surface area contributed by atoms with Crippen molar-refractivity contribution in [2.75, 3.05) is 24.7 Å². The minimum atomic E-state index is -3.28. The van der Waals surface area contributed by atoms with Crippen molar-refractivity contribution in [2.24, 2.45) is 0 Å². The Morgan fingerprint density at radius 1 is 1.25 bits per heavy atom. The van der Waals surface area contributed by atoms with Gasteiger partial charge in [-0.15, -0.1) is 0 Å². The van der Waals surface area contributed by atoms with Gasteiger partial charge in [-0.3, -0.25) is 0 Å². The van der Waals surface area contributed by atoms with Gasteiger partial charge in [-0.1, -0.05) is 11.6 Å². The molecule has 0 aliphatic rings. The number of sulfonamides is 1. The van der Waals surface area contributed by atoms with Gasteiger partial charge in [0.2, 0.25) is 15.3 Å². The van der Waals surface area contributed by atoms with Crippen LogP contribution in [0.1, 0.15) is 0 Å². The molecule has 108 valence electrons. The van der Waals surface area contributed by atoms with Crippen LogP contribution in [-0.2, 0) is 10.0 Å². The molecule has 0 aliphatic carbocycles. The minimum absolute atomic E-state index is 0.0762. The predicted molar refractivity (Wildman–Crippen MR) is 80.9 cm³/mol. The first-order valence-electron chi connectivity index (χ1n) is 5.69. The van der Waals surface area contributed by atoms with Crippen LogP contribution >= 0.6 is 23.2 Å². The second-order valence-electron chi connectivity index (χ2n) is 3.95. The van der Waals surface area contributed by atoms with E-state index in [0.29, 0.717) is 21.7 Å². The average Bonchev–Trinajstić information content (AvgIpc) is 2.39. The molecule has 2 N–H and O–H groups in total. The summed E-state index contributed by atoms with van der Waals surface area (Å²) >= 11 is 11.8. The van der Waals surface area contributed by atoms with Crippen molar-refractivity contribution in [1.82, 2.24) is 14.7 Å². The number of fused-ring (bicyclic) bond motifs is 1. The first kappa shape index (κ1) is 15.2.